The molecule has 0 radical (unpaired) electrons. The van der Waals surface area contributed by atoms with Crippen LogP contribution in [0.25, 0.3) is 0 Å². The quantitative estimate of drug-likeness (QED) is 0.677. The normalized spacial score (nSPS) is 12.6. The predicted octanol–water partition coefficient (Wildman–Crippen LogP) is 2.64. The molecule has 0 bridgehead atoms. The number of carbonyl (C=O) groups is 3. The van der Waals surface area contributed by atoms with Crippen molar-refractivity contribution in [2.45, 2.75) is 6.92 Å². The molecule has 0 saturated heterocycles. The van der Waals surface area contributed by atoms with E-state index in [2.05, 4.69) is 0 Å². The van der Waals surface area contributed by atoms with Gasteiger partial charge in [0.2, 0.25) is 0 Å². The maximum Gasteiger partial charge on any atom is 0.338 e. The Morgan fingerprint density at radius 2 is 1.52 bits per heavy atom. The molecule has 1 aliphatic carbocycles. The lowest BCUT2D eigenvalue weighted by Gasteiger charge is -2.19. The molecule has 4 nitrogen and oxygen atoms in total. The molecule has 0 amide bonds. The van der Waals surface area contributed by atoms with Gasteiger partial charge in [-0.2, -0.15) is 0 Å². The van der Waals surface area contributed by atoms with Crippen LogP contribution in [0.3, 0.4) is 0 Å². The van der Waals surface area contributed by atoms with Gasteiger partial charge in [-0.3, -0.25) is 9.59 Å². The van der Waals surface area contributed by atoms with Crippen molar-refractivity contribution in [2.75, 3.05) is 6.61 Å². The average molecular weight is 280 g/mol. The molecule has 1 aliphatic rings. The van der Waals surface area contributed by atoms with Crippen molar-refractivity contribution in [3.05, 3.63) is 70.3 Å². The fourth-order valence-corrected chi connectivity index (χ4v) is 2.52. The van der Waals surface area contributed by atoms with Crippen molar-refractivity contribution in [2.24, 2.45) is 0 Å². The van der Waals surface area contributed by atoms with Crippen molar-refractivity contribution in [1.82, 2.24) is 0 Å². The molecule has 0 saturated carbocycles. The molecule has 0 atom stereocenters. The van der Waals surface area contributed by atoms with Gasteiger partial charge in [0.05, 0.1) is 12.2 Å². The number of fused-ring (bicyclic) bond motifs is 2. The lowest BCUT2D eigenvalue weighted by atomic mass is 9.82. The molecule has 0 aromatic heterocycles. The summed E-state index contributed by atoms with van der Waals surface area (Å²) >= 11 is 0. The van der Waals surface area contributed by atoms with Crippen molar-refractivity contribution < 1.29 is 19.1 Å². The number of hydrogen-bond acceptors (Lipinski definition) is 4. The van der Waals surface area contributed by atoms with Gasteiger partial charge in [0.1, 0.15) is 0 Å². The largest absolute Gasteiger partial charge is 0.462 e. The molecule has 0 fully saturated rings. The zero-order chi connectivity index (χ0) is 15.0. The summed E-state index contributed by atoms with van der Waals surface area (Å²) in [6.07, 6.45) is 0. The second-order valence-electron chi connectivity index (χ2n) is 4.65. The summed E-state index contributed by atoms with van der Waals surface area (Å²) in [5, 5.41) is 0. The van der Waals surface area contributed by atoms with Gasteiger partial charge in [0.25, 0.3) is 0 Å². The van der Waals surface area contributed by atoms with Gasteiger partial charge in [-0.15, -0.1) is 0 Å². The molecule has 0 spiro atoms. The molecule has 4 heteroatoms. The van der Waals surface area contributed by atoms with E-state index in [1.54, 1.807) is 43.3 Å². The number of carbonyl (C=O) groups excluding carboxylic acids is 3. The van der Waals surface area contributed by atoms with E-state index in [0.717, 1.165) is 0 Å². The van der Waals surface area contributed by atoms with Crippen LogP contribution in [0.5, 0.6) is 0 Å². The number of ketones is 2. The van der Waals surface area contributed by atoms with E-state index >= 15 is 0 Å². The molecule has 104 valence electrons. The maximum absolute atomic E-state index is 12.6. The highest BCUT2D eigenvalue weighted by molar-refractivity contribution is 6.30. The first-order chi connectivity index (χ1) is 10.1. The summed E-state index contributed by atoms with van der Waals surface area (Å²) < 4.78 is 4.96. The Labute approximate surface area is 121 Å². The average Bonchev–Trinajstić information content (AvgIpc) is 2.52. The first-order valence-corrected chi connectivity index (χ1v) is 6.63. The van der Waals surface area contributed by atoms with Crippen LogP contribution in [-0.2, 0) is 4.74 Å². The van der Waals surface area contributed by atoms with Gasteiger partial charge in [-0.1, -0.05) is 36.4 Å². The molecule has 3 rings (SSSR count). The first kappa shape index (κ1) is 13.2. The third-order valence-corrected chi connectivity index (χ3v) is 3.45. The summed E-state index contributed by atoms with van der Waals surface area (Å²) in [6.45, 7) is 1.90. The Bertz CT molecular complexity index is 774. The molecule has 2 aromatic rings. The van der Waals surface area contributed by atoms with E-state index in [9.17, 15) is 14.4 Å². The minimum Gasteiger partial charge on any atom is -0.462 e. The Hall–Kier alpha value is -2.75. The fourth-order valence-electron chi connectivity index (χ4n) is 2.52. The maximum atomic E-state index is 12.6. The van der Waals surface area contributed by atoms with Gasteiger partial charge >= 0.3 is 5.97 Å². The summed E-state index contributed by atoms with van der Waals surface area (Å²) in [5.41, 5.74) is 1.23. The minimum absolute atomic E-state index is 0.139. The third-order valence-electron chi connectivity index (χ3n) is 3.45. The smallest absolute Gasteiger partial charge is 0.338 e. The lowest BCUT2D eigenvalue weighted by Crippen LogP contribution is -2.24. The third kappa shape index (κ3) is 1.96. The molecular formula is C17H12O4. The second kappa shape index (κ2) is 4.98. The van der Waals surface area contributed by atoms with Crippen LogP contribution in [0, 0.1) is 0 Å². The number of esters is 1. The van der Waals surface area contributed by atoms with Crippen LogP contribution in [-0.4, -0.2) is 24.1 Å². The van der Waals surface area contributed by atoms with E-state index in [4.69, 9.17) is 4.74 Å². The summed E-state index contributed by atoms with van der Waals surface area (Å²) in [4.78, 5) is 37.1. The topological polar surface area (TPSA) is 60.4 Å². The van der Waals surface area contributed by atoms with E-state index in [1.165, 1.54) is 6.07 Å². The van der Waals surface area contributed by atoms with Gasteiger partial charge in [-0.05, 0) is 13.0 Å². The summed E-state index contributed by atoms with van der Waals surface area (Å²) in [5.74, 6) is -1.15. The molecule has 0 aliphatic heterocycles. The summed E-state index contributed by atoms with van der Waals surface area (Å²) in [7, 11) is 0. The Kier molecular flexibility index (Phi) is 3.14. The standard InChI is InChI=1S/C17H12O4/c1-2-21-17(20)13-9-5-8-12-14(13)16(19)11-7-4-3-6-10(11)15(12)18/h3-9H,2H2,1H3. The van der Waals surface area contributed by atoms with Crippen LogP contribution in [0.15, 0.2) is 42.5 Å². The number of rotatable bonds is 2. The van der Waals surface area contributed by atoms with Crippen LogP contribution in [0.2, 0.25) is 0 Å². The van der Waals surface area contributed by atoms with E-state index in [-0.39, 0.29) is 34.9 Å². The van der Waals surface area contributed by atoms with Gasteiger partial charge in [-0.25, -0.2) is 4.79 Å². The number of ether oxygens (including phenoxy) is 1. The van der Waals surface area contributed by atoms with E-state index < -0.39 is 5.97 Å². The zero-order valence-electron chi connectivity index (χ0n) is 11.4. The van der Waals surface area contributed by atoms with Crippen LogP contribution in [0.1, 0.15) is 49.1 Å². The zero-order valence-corrected chi connectivity index (χ0v) is 11.4. The van der Waals surface area contributed by atoms with E-state index in [0.29, 0.717) is 11.1 Å². The van der Waals surface area contributed by atoms with Gasteiger partial charge in [0.15, 0.2) is 11.6 Å². The molecule has 2 aromatic carbocycles. The number of hydrogen-bond donors (Lipinski definition) is 0. The first-order valence-electron chi connectivity index (χ1n) is 6.63. The highest BCUT2D eigenvalue weighted by Gasteiger charge is 2.33. The van der Waals surface area contributed by atoms with Crippen LogP contribution in [0.4, 0.5) is 0 Å². The second-order valence-corrected chi connectivity index (χ2v) is 4.65. The molecule has 0 unspecified atom stereocenters. The van der Waals surface area contributed by atoms with E-state index in [1.807, 2.05) is 0 Å². The van der Waals surface area contributed by atoms with Gasteiger partial charge in [0, 0.05) is 22.3 Å². The molecule has 0 N–H and O–H groups in total. The number of benzene rings is 2. The highest BCUT2D eigenvalue weighted by atomic mass is 16.5. The Balaban J connectivity index is 2.24. The van der Waals surface area contributed by atoms with Crippen LogP contribution < -0.4 is 0 Å². The summed E-state index contributed by atoms with van der Waals surface area (Å²) in [6, 6.07) is 11.3. The molecule has 0 heterocycles. The van der Waals surface area contributed by atoms with Crippen molar-refractivity contribution in [3.63, 3.8) is 0 Å². The fraction of sp³-hybridized carbons (Fsp3) is 0.118. The highest BCUT2D eigenvalue weighted by Crippen LogP contribution is 2.29. The molecular weight excluding hydrogens is 268 g/mol. The SMILES string of the molecule is CCOC(=O)c1cccc2c1C(=O)c1ccccc1C2=O. The molecule has 21 heavy (non-hydrogen) atoms. The van der Waals surface area contributed by atoms with Gasteiger partial charge < -0.3 is 4.74 Å². The Morgan fingerprint density at radius 1 is 0.905 bits per heavy atom. The van der Waals surface area contributed by atoms with Crippen LogP contribution >= 0.6 is 0 Å². The Morgan fingerprint density at radius 3 is 2.19 bits per heavy atom. The lowest BCUT2D eigenvalue weighted by molar-refractivity contribution is 0.0523. The minimum atomic E-state index is -0.588. The monoisotopic (exact) mass is 280 g/mol. The van der Waals surface area contributed by atoms with Crippen molar-refractivity contribution in [1.29, 1.82) is 0 Å². The predicted molar refractivity (Wildman–Crippen MR) is 75.7 cm³/mol. The van der Waals surface area contributed by atoms with Crippen molar-refractivity contribution >= 4 is 17.5 Å². The van der Waals surface area contributed by atoms with Crippen molar-refractivity contribution in [3.8, 4) is 0 Å².